The molecular formula is C26H26N4O2. The Bertz CT molecular complexity index is 1350. The normalized spacial score (nSPS) is 10.8. The summed E-state index contributed by atoms with van der Waals surface area (Å²) in [6.45, 7) is 5.91. The third-order valence-electron chi connectivity index (χ3n) is 5.84. The summed E-state index contributed by atoms with van der Waals surface area (Å²) < 4.78 is 3.29. The Kier molecular flexibility index (Phi) is 5.69. The molecule has 1 heterocycles. The summed E-state index contributed by atoms with van der Waals surface area (Å²) in [7, 11) is 1.80. The quantitative estimate of drug-likeness (QED) is 0.467. The van der Waals surface area contributed by atoms with Gasteiger partial charge in [0.1, 0.15) is 5.69 Å². The van der Waals surface area contributed by atoms with E-state index in [0.29, 0.717) is 16.9 Å². The van der Waals surface area contributed by atoms with E-state index < -0.39 is 0 Å². The predicted octanol–water partition coefficient (Wildman–Crippen LogP) is 5.10. The highest BCUT2D eigenvalue weighted by atomic mass is 16.2. The van der Waals surface area contributed by atoms with Gasteiger partial charge in [-0.2, -0.15) is 0 Å². The smallest absolute Gasteiger partial charge is 0.295 e. The fourth-order valence-electron chi connectivity index (χ4n) is 3.71. The number of anilines is 3. The van der Waals surface area contributed by atoms with Gasteiger partial charge in [-0.25, -0.2) is 4.68 Å². The van der Waals surface area contributed by atoms with Crippen molar-refractivity contribution < 1.29 is 4.79 Å². The van der Waals surface area contributed by atoms with Gasteiger partial charge in [0.15, 0.2) is 0 Å². The van der Waals surface area contributed by atoms with Crippen LogP contribution in [0.15, 0.2) is 77.6 Å². The summed E-state index contributed by atoms with van der Waals surface area (Å²) >= 11 is 0. The van der Waals surface area contributed by atoms with Crippen molar-refractivity contribution in [3.05, 3.63) is 106 Å². The number of carbonyl (C=O) groups is 1. The molecule has 162 valence electrons. The molecule has 0 saturated heterocycles. The Morgan fingerprint density at radius 2 is 1.47 bits per heavy atom. The number of amides is 1. The molecule has 0 spiro atoms. The van der Waals surface area contributed by atoms with E-state index >= 15 is 0 Å². The van der Waals surface area contributed by atoms with Crippen LogP contribution in [0.5, 0.6) is 0 Å². The van der Waals surface area contributed by atoms with E-state index in [0.717, 1.165) is 16.9 Å². The number of aromatic nitrogens is 2. The molecule has 0 radical (unpaired) electrons. The molecule has 1 aromatic heterocycles. The van der Waals surface area contributed by atoms with E-state index in [4.69, 9.17) is 0 Å². The number of nitrogens with one attached hydrogen (secondary N) is 2. The van der Waals surface area contributed by atoms with Crippen LogP contribution in [0.3, 0.4) is 0 Å². The van der Waals surface area contributed by atoms with E-state index in [1.165, 1.54) is 5.56 Å². The fraction of sp³-hybridized carbons (Fsp3) is 0.154. The summed E-state index contributed by atoms with van der Waals surface area (Å²) in [5.41, 5.74) is 5.76. The molecule has 0 saturated carbocycles. The van der Waals surface area contributed by atoms with Crippen LogP contribution in [-0.4, -0.2) is 15.3 Å². The van der Waals surface area contributed by atoms with Crippen molar-refractivity contribution in [2.45, 2.75) is 20.8 Å². The number of carbonyl (C=O) groups excluding carboxylic acids is 1. The molecule has 2 N–H and O–H groups in total. The van der Waals surface area contributed by atoms with Gasteiger partial charge in [0.2, 0.25) is 0 Å². The number of para-hydroxylation sites is 2. The van der Waals surface area contributed by atoms with Crippen molar-refractivity contribution in [2.75, 3.05) is 10.6 Å². The summed E-state index contributed by atoms with van der Waals surface area (Å²) in [4.78, 5) is 26.4. The molecule has 1 amide bonds. The topological polar surface area (TPSA) is 68.1 Å². The molecule has 0 aliphatic rings. The number of benzene rings is 3. The molecule has 4 rings (SSSR count). The average Bonchev–Trinajstić information content (AvgIpc) is 3.01. The van der Waals surface area contributed by atoms with Crippen LogP contribution < -0.4 is 16.2 Å². The monoisotopic (exact) mass is 426 g/mol. The maximum absolute atomic E-state index is 13.2. The second kappa shape index (κ2) is 8.59. The van der Waals surface area contributed by atoms with Crippen LogP contribution >= 0.6 is 0 Å². The maximum atomic E-state index is 13.2. The first-order valence-electron chi connectivity index (χ1n) is 10.5. The summed E-state index contributed by atoms with van der Waals surface area (Å²) in [6, 6.07) is 22.7. The molecular weight excluding hydrogens is 400 g/mol. The van der Waals surface area contributed by atoms with Crippen LogP contribution in [0, 0.1) is 20.8 Å². The first-order valence-corrected chi connectivity index (χ1v) is 10.5. The Balaban J connectivity index is 1.68. The van der Waals surface area contributed by atoms with E-state index in [1.54, 1.807) is 22.5 Å². The summed E-state index contributed by atoms with van der Waals surface area (Å²) in [5, 5.41) is 6.22. The predicted molar refractivity (Wildman–Crippen MR) is 129 cm³/mol. The van der Waals surface area contributed by atoms with Crippen molar-refractivity contribution in [3.63, 3.8) is 0 Å². The van der Waals surface area contributed by atoms with Crippen molar-refractivity contribution in [1.82, 2.24) is 9.36 Å². The Morgan fingerprint density at radius 1 is 0.812 bits per heavy atom. The second-order valence-electron chi connectivity index (χ2n) is 7.81. The summed E-state index contributed by atoms with van der Waals surface area (Å²) in [6.07, 6.45) is 0. The van der Waals surface area contributed by atoms with Crippen LogP contribution in [0.2, 0.25) is 0 Å². The highest BCUT2D eigenvalue weighted by Gasteiger charge is 2.20. The lowest BCUT2D eigenvalue weighted by atomic mass is 10.1. The van der Waals surface area contributed by atoms with Gasteiger partial charge in [0, 0.05) is 12.7 Å². The standard InChI is InChI=1S/C26H26N4O2/c1-17-11-10-16-22(18(17)2)27-23-15-9-8-14-21(23)25(31)28-24-19(3)29(4)30(26(24)32)20-12-6-5-7-13-20/h5-16,27H,1-4H3,(H,28,31). The maximum Gasteiger partial charge on any atom is 0.295 e. The van der Waals surface area contributed by atoms with Crippen LogP contribution in [-0.2, 0) is 7.05 Å². The van der Waals surface area contributed by atoms with Crippen molar-refractivity contribution in [2.24, 2.45) is 7.05 Å². The van der Waals surface area contributed by atoms with E-state index in [-0.39, 0.29) is 17.2 Å². The van der Waals surface area contributed by atoms with Crippen molar-refractivity contribution in [1.29, 1.82) is 0 Å². The molecule has 0 aliphatic carbocycles. The van der Waals surface area contributed by atoms with Crippen molar-refractivity contribution >= 4 is 23.0 Å². The molecule has 0 unspecified atom stereocenters. The lowest BCUT2D eigenvalue weighted by molar-refractivity contribution is 0.102. The van der Waals surface area contributed by atoms with Gasteiger partial charge in [-0.3, -0.25) is 14.3 Å². The molecule has 0 atom stereocenters. The Labute approximate surface area is 187 Å². The lowest BCUT2D eigenvalue weighted by Gasteiger charge is -2.15. The zero-order valence-electron chi connectivity index (χ0n) is 18.6. The number of rotatable bonds is 5. The molecule has 4 aromatic rings. The van der Waals surface area contributed by atoms with Crippen molar-refractivity contribution in [3.8, 4) is 5.69 Å². The van der Waals surface area contributed by atoms with E-state index in [1.807, 2.05) is 74.5 Å². The SMILES string of the molecule is Cc1cccc(Nc2ccccc2C(=O)Nc2c(C)n(C)n(-c3ccccc3)c2=O)c1C. The highest BCUT2D eigenvalue weighted by molar-refractivity contribution is 6.08. The van der Waals surface area contributed by atoms with Gasteiger partial charge in [-0.15, -0.1) is 0 Å². The van der Waals surface area contributed by atoms with Gasteiger partial charge in [0.25, 0.3) is 11.5 Å². The number of nitrogens with zero attached hydrogens (tertiary/aromatic N) is 2. The molecule has 0 bridgehead atoms. The average molecular weight is 427 g/mol. The first kappa shape index (κ1) is 21.2. The van der Waals surface area contributed by atoms with Gasteiger partial charge in [-0.1, -0.05) is 42.5 Å². The molecule has 6 nitrogen and oxygen atoms in total. The molecule has 0 aliphatic heterocycles. The third-order valence-corrected chi connectivity index (χ3v) is 5.84. The number of aryl methyl sites for hydroxylation is 1. The highest BCUT2D eigenvalue weighted by Crippen LogP contribution is 2.26. The van der Waals surface area contributed by atoms with Crippen LogP contribution in [0.4, 0.5) is 17.1 Å². The minimum Gasteiger partial charge on any atom is -0.355 e. The van der Waals surface area contributed by atoms with Gasteiger partial charge >= 0.3 is 0 Å². The molecule has 6 heteroatoms. The number of hydrogen-bond donors (Lipinski definition) is 2. The number of hydrogen-bond acceptors (Lipinski definition) is 3. The van der Waals surface area contributed by atoms with E-state index in [9.17, 15) is 9.59 Å². The first-order chi connectivity index (χ1) is 15.4. The minimum atomic E-state index is -0.343. The zero-order chi connectivity index (χ0) is 22.8. The largest absolute Gasteiger partial charge is 0.355 e. The molecule has 32 heavy (non-hydrogen) atoms. The van der Waals surface area contributed by atoms with Gasteiger partial charge in [-0.05, 0) is 62.2 Å². The van der Waals surface area contributed by atoms with E-state index in [2.05, 4.69) is 23.6 Å². The van der Waals surface area contributed by atoms with Gasteiger partial charge in [0.05, 0.1) is 22.6 Å². The minimum absolute atomic E-state index is 0.267. The lowest BCUT2D eigenvalue weighted by Crippen LogP contribution is -2.23. The third kappa shape index (κ3) is 3.83. The summed E-state index contributed by atoms with van der Waals surface area (Å²) in [5.74, 6) is -0.343. The molecule has 3 aromatic carbocycles. The Morgan fingerprint density at radius 3 is 2.22 bits per heavy atom. The second-order valence-corrected chi connectivity index (χ2v) is 7.81. The zero-order valence-corrected chi connectivity index (χ0v) is 18.6. The fourth-order valence-corrected chi connectivity index (χ4v) is 3.71. The molecule has 0 fully saturated rings. The van der Waals surface area contributed by atoms with Crippen LogP contribution in [0.25, 0.3) is 5.69 Å². The van der Waals surface area contributed by atoms with Gasteiger partial charge < -0.3 is 10.6 Å². The Hall–Kier alpha value is -4.06. The van der Waals surface area contributed by atoms with Crippen LogP contribution in [0.1, 0.15) is 27.2 Å².